The van der Waals surface area contributed by atoms with Gasteiger partial charge in [0.25, 0.3) is 0 Å². The number of hydrogen-bond acceptors (Lipinski definition) is 5. The van der Waals surface area contributed by atoms with Crippen LogP contribution in [0.1, 0.15) is 31.7 Å². The van der Waals surface area contributed by atoms with E-state index in [1.807, 2.05) is 25.1 Å². The van der Waals surface area contributed by atoms with Crippen molar-refractivity contribution in [2.75, 3.05) is 22.5 Å². The SMILES string of the molecule is Cc1ccc(Cl)cc1NC(=O)CSc1cc(N2CCCC[C@@H]2C)ncn1. The third kappa shape index (κ3) is 4.89. The number of carbonyl (C=O) groups excluding carboxylic acids is 1. The van der Waals surface area contributed by atoms with E-state index in [0.29, 0.717) is 11.1 Å². The van der Waals surface area contributed by atoms with Gasteiger partial charge in [0.2, 0.25) is 5.91 Å². The molecule has 7 heteroatoms. The highest BCUT2D eigenvalue weighted by atomic mass is 35.5. The largest absolute Gasteiger partial charge is 0.354 e. The van der Waals surface area contributed by atoms with Crippen molar-refractivity contribution in [3.63, 3.8) is 0 Å². The number of thioether (sulfide) groups is 1. The summed E-state index contributed by atoms with van der Waals surface area (Å²) in [6, 6.07) is 7.93. The highest BCUT2D eigenvalue weighted by Gasteiger charge is 2.20. The number of aryl methyl sites for hydroxylation is 1. The van der Waals surface area contributed by atoms with Crippen LogP contribution in [0.25, 0.3) is 0 Å². The lowest BCUT2D eigenvalue weighted by Crippen LogP contribution is -2.38. The fraction of sp³-hybridized carbons (Fsp3) is 0.421. The molecular weight excluding hydrogens is 368 g/mol. The lowest BCUT2D eigenvalue weighted by Gasteiger charge is -2.34. The number of amides is 1. The molecule has 1 aliphatic heterocycles. The van der Waals surface area contributed by atoms with Gasteiger partial charge in [-0.15, -0.1) is 0 Å². The number of piperidine rings is 1. The number of aromatic nitrogens is 2. The molecule has 0 saturated carbocycles. The summed E-state index contributed by atoms with van der Waals surface area (Å²) in [7, 11) is 0. The van der Waals surface area contributed by atoms with Crippen LogP contribution in [0.3, 0.4) is 0 Å². The second-order valence-electron chi connectivity index (χ2n) is 6.55. The van der Waals surface area contributed by atoms with E-state index < -0.39 is 0 Å². The van der Waals surface area contributed by atoms with Crippen LogP contribution in [0.15, 0.2) is 35.6 Å². The van der Waals surface area contributed by atoms with Crippen LogP contribution < -0.4 is 10.2 Å². The summed E-state index contributed by atoms with van der Waals surface area (Å²) in [5.74, 6) is 1.16. The highest BCUT2D eigenvalue weighted by molar-refractivity contribution is 7.99. The van der Waals surface area contributed by atoms with Crippen molar-refractivity contribution in [3.8, 4) is 0 Å². The molecule has 1 atom stereocenters. The van der Waals surface area contributed by atoms with Crippen LogP contribution in [0.5, 0.6) is 0 Å². The lowest BCUT2D eigenvalue weighted by molar-refractivity contribution is -0.113. The van der Waals surface area contributed by atoms with Gasteiger partial charge in [0.15, 0.2) is 0 Å². The maximum absolute atomic E-state index is 12.3. The summed E-state index contributed by atoms with van der Waals surface area (Å²) in [5, 5.41) is 4.33. The Labute approximate surface area is 163 Å². The molecule has 3 rings (SSSR count). The normalized spacial score (nSPS) is 17.2. The predicted octanol–water partition coefficient (Wildman–Crippen LogP) is 4.55. The molecule has 0 aliphatic carbocycles. The Morgan fingerprint density at radius 2 is 2.19 bits per heavy atom. The number of hydrogen-bond donors (Lipinski definition) is 1. The van der Waals surface area contributed by atoms with Crippen molar-refractivity contribution >= 4 is 40.8 Å². The molecule has 26 heavy (non-hydrogen) atoms. The minimum atomic E-state index is -0.0770. The molecule has 0 bridgehead atoms. The molecule has 1 N–H and O–H groups in total. The Kier molecular flexibility index (Phi) is 6.38. The number of carbonyl (C=O) groups is 1. The van der Waals surface area contributed by atoms with Gasteiger partial charge in [-0.05, 0) is 50.8 Å². The zero-order valence-corrected chi connectivity index (χ0v) is 16.6. The van der Waals surface area contributed by atoms with Gasteiger partial charge in [0.1, 0.15) is 17.2 Å². The number of halogens is 1. The van der Waals surface area contributed by atoms with Crippen molar-refractivity contribution in [1.29, 1.82) is 0 Å². The van der Waals surface area contributed by atoms with Crippen LogP contribution >= 0.6 is 23.4 Å². The van der Waals surface area contributed by atoms with E-state index in [0.717, 1.165) is 28.6 Å². The molecule has 1 amide bonds. The molecule has 138 valence electrons. The lowest BCUT2D eigenvalue weighted by atomic mass is 10.0. The first-order valence-electron chi connectivity index (χ1n) is 8.80. The smallest absolute Gasteiger partial charge is 0.234 e. The summed E-state index contributed by atoms with van der Waals surface area (Å²) < 4.78 is 0. The Morgan fingerprint density at radius 1 is 1.35 bits per heavy atom. The van der Waals surface area contributed by atoms with Crippen molar-refractivity contribution in [2.24, 2.45) is 0 Å². The van der Waals surface area contributed by atoms with Gasteiger partial charge >= 0.3 is 0 Å². The maximum Gasteiger partial charge on any atom is 0.234 e. The van der Waals surface area contributed by atoms with Crippen LogP contribution in [-0.4, -0.2) is 34.2 Å². The quantitative estimate of drug-likeness (QED) is 0.599. The number of nitrogens with one attached hydrogen (secondary N) is 1. The molecule has 1 aromatic heterocycles. The van der Waals surface area contributed by atoms with Crippen LogP contribution in [0.4, 0.5) is 11.5 Å². The molecule has 0 spiro atoms. The monoisotopic (exact) mass is 390 g/mol. The first-order valence-corrected chi connectivity index (χ1v) is 10.2. The predicted molar refractivity (Wildman–Crippen MR) is 108 cm³/mol. The molecule has 5 nitrogen and oxygen atoms in total. The Balaban J connectivity index is 1.60. The number of nitrogens with zero attached hydrogens (tertiary/aromatic N) is 3. The van der Waals surface area contributed by atoms with E-state index in [1.165, 1.54) is 31.0 Å². The third-order valence-electron chi connectivity index (χ3n) is 4.55. The van der Waals surface area contributed by atoms with E-state index in [2.05, 4.69) is 27.1 Å². The van der Waals surface area contributed by atoms with Crippen molar-refractivity contribution < 1.29 is 4.79 Å². The summed E-state index contributed by atoms with van der Waals surface area (Å²) in [5.41, 5.74) is 1.73. The standard InChI is InChI=1S/C19H23ClN4OS/c1-13-6-7-15(20)9-16(13)23-18(25)11-26-19-10-17(21-12-22-19)24-8-4-3-5-14(24)2/h6-7,9-10,12,14H,3-5,8,11H2,1-2H3,(H,23,25)/t14-/m0/s1. The average Bonchev–Trinajstić information content (AvgIpc) is 2.64. The van der Waals surface area contributed by atoms with E-state index in [9.17, 15) is 4.79 Å². The Morgan fingerprint density at radius 3 is 3.00 bits per heavy atom. The first kappa shape index (κ1) is 19.0. The van der Waals surface area contributed by atoms with Crippen molar-refractivity contribution in [3.05, 3.63) is 41.2 Å². The summed E-state index contributed by atoms with van der Waals surface area (Å²) >= 11 is 7.41. The first-order chi connectivity index (χ1) is 12.5. The minimum absolute atomic E-state index is 0.0770. The van der Waals surface area contributed by atoms with E-state index in [1.54, 1.807) is 12.4 Å². The molecule has 2 heterocycles. The molecule has 2 aromatic rings. The molecule has 1 saturated heterocycles. The van der Waals surface area contributed by atoms with Gasteiger partial charge in [-0.3, -0.25) is 4.79 Å². The summed E-state index contributed by atoms with van der Waals surface area (Å²) in [6.07, 6.45) is 5.23. The summed E-state index contributed by atoms with van der Waals surface area (Å²) in [4.78, 5) is 23.3. The van der Waals surface area contributed by atoms with Gasteiger partial charge < -0.3 is 10.2 Å². The van der Waals surface area contributed by atoms with E-state index in [4.69, 9.17) is 11.6 Å². The van der Waals surface area contributed by atoms with Crippen LogP contribution in [-0.2, 0) is 4.79 Å². The van der Waals surface area contributed by atoms with Crippen molar-refractivity contribution in [1.82, 2.24) is 9.97 Å². The molecule has 1 aromatic carbocycles. The maximum atomic E-state index is 12.3. The fourth-order valence-corrected chi connectivity index (χ4v) is 3.89. The second-order valence-corrected chi connectivity index (χ2v) is 7.98. The van der Waals surface area contributed by atoms with Gasteiger partial charge in [-0.1, -0.05) is 29.4 Å². The Bertz CT molecular complexity index is 786. The number of rotatable bonds is 5. The fourth-order valence-electron chi connectivity index (χ4n) is 3.06. The van der Waals surface area contributed by atoms with E-state index >= 15 is 0 Å². The topological polar surface area (TPSA) is 58.1 Å². The van der Waals surface area contributed by atoms with Gasteiger partial charge in [-0.25, -0.2) is 9.97 Å². The van der Waals surface area contributed by atoms with E-state index in [-0.39, 0.29) is 11.7 Å². The molecule has 0 unspecified atom stereocenters. The average molecular weight is 391 g/mol. The van der Waals surface area contributed by atoms with Crippen LogP contribution in [0.2, 0.25) is 5.02 Å². The zero-order chi connectivity index (χ0) is 18.5. The minimum Gasteiger partial charge on any atom is -0.354 e. The zero-order valence-electron chi connectivity index (χ0n) is 15.0. The second kappa shape index (κ2) is 8.73. The Hall–Kier alpha value is -1.79. The molecular formula is C19H23ClN4OS. The summed E-state index contributed by atoms with van der Waals surface area (Å²) in [6.45, 7) is 5.20. The van der Waals surface area contributed by atoms with Gasteiger partial charge in [-0.2, -0.15) is 0 Å². The number of anilines is 2. The molecule has 1 aliphatic rings. The van der Waals surface area contributed by atoms with Gasteiger partial charge in [0.05, 0.1) is 5.75 Å². The molecule has 0 radical (unpaired) electrons. The van der Waals surface area contributed by atoms with Crippen LogP contribution in [0, 0.1) is 6.92 Å². The third-order valence-corrected chi connectivity index (χ3v) is 5.71. The van der Waals surface area contributed by atoms with Crippen molar-refractivity contribution in [2.45, 2.75) is 44.2 Å². The number of benzene rings is 1. The molecule has 1 fully saturated rings. The van der Waals surface area contributed by atoms with Gasteiger partial charge in [0, 0.05) is 29.4 Å². The highest BCUT2D eigenvalue weighted by Crippen LogP contribution is 2.26.